The minimum absolute atomic E-state index is 0.0568. The van der Waals surface area contributed by atoms with Gasteiger partial charge >= 0.3 is 12.0 Å². The van der Waals surface area contributed by atoms with Crippen LogP contribution < -0.4 is 5.32 Å². The summed E-state index contributed by atoms with van der Waals surface area (Å²) < 4.78 is 7.36. The van der Waals surface area contributed by atoms with Crippen molar-refractivity contribution in [1.82, 2.24) is 5.32 Å². The molecule has 0 spiro atoms. The number of aliphatic imine (C=N–C) groups is 1. The third kappa shape index (κ3) is 3.95. The van der Waals surface area contributed by atoms with E-state index in [1.165, 1.54) is 51.4 Å². The highest BCUT2D eigenvalue weighted by molar-refractivity contribution is 6.42. The Labute approximate surface area is 197 Å². The normalized spacial score (nSPS) is 39.9. The van der Waals surface area contributed by atoms with Gasteiger partial charge in [0.2, 0.25) is 0 Å². The molecule has 1 aliphatic heterocycles. The summed E-state index contributed by atoms with van der Waals surface area (Å²) in [6, 6.07) is 0.382. The lowest BCUT2D eigenvalue weighted by molar-refractivity contribution is -0.479. The predicted molar refractivity (Wildman–Crippen MR) is 126 cm³/mol. The van der Waals surface area contributed by atoms with Gasteiger partial charge in [-0.15, -0.1) is 0 Å². The number of nitrogens with one attached hydrogen (secondary N) is 1. The summed E-state index contributed by atoms with van der Waals surface area (Å²) in [4.78, 5) is 31.6. The summed E-state index contributed by atoms with van der Waals surface area (Å²) in [7, 11) is 0. The third-order valence-electron chi connectivity index (χ3n) is 9.77. The van der Waals surface area contributed by atoms with E-state index < -0.39 is 0 Å². The van der Waals surface area contributed by atoms with Crippen LogP contribution in [0.1, 0.15) is 90.4 Å². The summed E-state index contributed by atoms with van der Waals surface area (Å²) >= 11 is 0. The van der Waals surface area contributed by atoms with Crippen LogP contribution in [0.2, 0.25) is 0 Å². The van der Waals surface area contributed by atoms with Crippen LogP contribution in [0.5, 0.6) is 0 Å². The molecule has 180 valence electrons. The van der Waals surface area contributed by atoms with E-state index in [1.54, 1.807) is 0 Å². The first kappa shape index (κ1) is 21.8. The van der Waals surface area contributed by atoms with Gasteiger partial charge in [-0.3, -0.25) is 4.79 Å². The van der Waals surface area contributed by atoms with E-state index in [9.17, 15) is 9.59 Å². The van der Waals surface area contributed by atoms with E-state index >= 15 is 0 Å². The van der Waals surface area contributed by atoms with Crippen LogP contribution in [0.15, 0.2) is 4.99 Å². The number of hydrogen-bond acceptors (Lipinski definition) is 4. The minimum Gasteiger partial charge on any atom is -0.466 e. The maximum absolute atomic E-state index is 14.0. The quantitative estimate of drug-likeness (QED) is 0.494. The Morgan fingerprint density at radius 1 is 0.970 bits per heavy atom. The molecule has 6 nitrogen and oxygen atoms in total. The highest BCUT2D eigenvalue weighted by Crippen LogP contribution is 2.53. The van der Waals surface area contributed by atoms with Crippen molar-refractivity contribution in [2.75, 3.05) is 6.61 Å². The summed E-state index contributed by atoms with van der Waals surface area (Å²) in [5.41, 5.74) is 2.09. The average molecular weight is 455 g/mol. The van der Waals surface area contributed by atoms with Crippen molar-refractivity contribution in [3.05, 3.63) is 0 Å². The molecule has 1 heterocycles. The Kier molecular flexibility index (Phi) is 5.82. The first-order valence-electron chi connectivity index (χ1n) is 13.8. The average Bonchev–Trinajstić information content (AvgIpc) is 3.20. The Balaban J connectivity index is 1.27. The Bertz CT molecular complexity index is 844. The summed E-state index contributed by atoms with van der Waals surface area (Å²) in [5.74, 6) is 3.28. The molecule has 0 radical (unpaired) electrons. The molecule has 33 heavy (non-hydrogen) atoms. The number of esters is 1. The van der Waals surface area contributed by atoms with Gasteiger partial charge in [-0.1, -0.05) is 19.3 Å². The Morgan fingerprint density at radius 2 is 1.67 bits per heavy atom. The van der Waals surface area contributed by atoms with Crippen LogP contribution in [-0.4, -0.2) is 46.8 Å². The molecular formula is C27H40N3O3+. The van der Waals surface area contributed by atoms with Crippen molar-refractivity contribution in [2.24, 2.45) is 40.5 Å². The second-order valence-electron chi connectivity index (χ2n) is 11.8. The van der Waals surface area contributed by atoms with Crippen LogP contribution in [0, 0.1) is 35.5 Å². The molecule has 2 atom stereocenters. The summed E-state index contributed by atoms with van der Waals surface area (Å²) in [5, 5.41) is 3.55. The van der Waals surface area contributed by atoms with E-state index in [0.29, 0.717) is 36.8 Å². The number of nitrogens with zero attached hydrogens (tertiary/aromatic N) is 2. The molecule has 6 saturated carbocycles. The topological polar surface area (TPSA) is 70.8 Å². The fourth-order valence-corrected chi connectivity index (χ4v) is 8.49. The predicted octanol–water partition coefficient (Wildman–Crippen LogP) is 4.70. The number of ether oxygens (including phenoxy) is 1. The second-order valence-corrected chi connectivity index (χ2v) is 11.8. The monoisotopic (exact) mass is 454 g/mol. The maximum Gasteiger partial charge on any atom is 0.493 e. The lowest BCUT2D eigenvalue weighted by atomic mass is 9.54. The fraction of sp³-hybridized carbons (Fsp3) is 0.852. The molecule has 6 heteroatoms. The van der Waals surface area contributed by atoms with Gasteiger partial charge in [0, 0.05) is 24.2 Å². The van der Waals surface area contributed by atoms with E-state index in [0.717, 1.165) is 48.9 Å². The third-order valence-corrected chi connectivity index (χ3v) is 9.77. The van der Waals surface area contributed by atoms with Crippen LogP contribution in [0.25, 0.3) is 0 Å². The van der Waals surface area contributed by atoms with E-state index in [2.05, 4.69) is 5.32 Å². The van der Waals surface area contributed by atoms with Gasteiger partial charge in [-0.05, 0) is 76.5 Å². The smallest absolute Gasteiger partial charge is 0.466 e. The number of amides is 2. The van der Waals surface area contributed by atoms with E-state index in [4.69, 9.17) is 9.73 Å². The van der Waals surface area contributed by atoms with Crippen LogP contribution in [-0.2, 0) is 9.53 Å². The highest BCUT2D eigenvalue weighted by Gasteiger charge is 2.52. The van der Waals surface area contributed by atoms with E-state index in [1.807, 2.05) is 11.5 Å². The maximum atomic E-state index is 14.0. The van der Waals surface area contributed by atoms with Crippen molar-refractivity contribution >= 4 is 23.4 Å². The molecule has 7 rings (SSSR count). The zero-order valence-corrected chi connectivity index (χ0v) is 20.1. The molecule has 0 aromatic rings. The van der Waals surface area contributed by atoms with Gasteiger partial charge in [-0.2, -0.15) is 9.37 Å². The lowest BCUT2D eigenvalue weighted by Crippen LogP contribution is -2.58. The molecule has 0 saturated heterocycles. The van der Waals surface area contributed by atoms with Crippen LogP contribution in [0.3, 0.4) is 0 Å². The van der Waals surface area contributed by atoms with Gasteiger partial charge in [0.25, 0.3) is 0 Å². The molecule has 0 aromatic carbocycles. The minimum atomic E-state index is -0.152. The molecule has 4 bridgehead atoms. The number of carbonyl (C=O) groups is 2. The lowest BCUT2D eigenvalue weighted by Gasteiger charge is -2.52. The van der Waals surface area contributed by atoms with E-state index in [-0.39, 0.29) is 24.1 Å². The molecule has 2 amide bonds. The zero-order chi connectivity index (χ0) is 22.5. The summed E-state index contributed by atoms with van der Waals surface area (Å²) in [6.45, 7) is 2.27. The summed E-state index contributed by atoms with van der Waals surface area (Å²) in [6.07, 6.45) is 14.8. The molecule has 2 unspecified atom stereocenters. The molecular weight excluding hydrogens is 414 g/mol. The zero-order valence-electron chi connectivity index (χ0n) is 20.1. The number of rotatable bonds is 4. The second kappa shape index (κ2) is 8.81. The Hall–Kier alpha value is -1.72. The van der Waals surface area contributed by atoms with Crippen molar-refractivity contribution in [3.63, 3.8) is 0 Å². The standard InChI is InChI=1S/C27H39N3O3/c1-2-33-26(31)19-8-9-22-23(15-19)30(25(28-22)18-6-4-3-5-7-18)27(32)29-24-20-11-16-10-17(13-20)14-21(24)12-16/h16-21,24-25H,2-15H2,1H3/p+1. The fourth-order valence-electron chi connectivity index (χ4n) is 8.49. The molecule has 6 aliphatic carbocycles. The number of hydrogen-bond donors (Lipinski definition) is 1. The molecule has 1 N–H and O–H groups in total. The largest absolute Gasteiger partial charge is 0.493 e. The van der Waals surface area contributed by atoms with Crippen molar-refractivity contribution < 1.29 is 18.9 Å². The number of fused-ring (bicyclic) bond motifs is 1. The Morgan fingerprint density at radius 3 is 2.33 bits per heavy atom. The van der Waals surface area contributed by atoms with Crippen LogP contribution in [0.4, 0.5) is 4.79 Å². The highest BCUT2D eigenvalue weighted by atomic mass is 16.5. The van der Waals surface area contributed by atoms with Gasteiger partial charge in [0.15, 0.2) is 6.17 Å². The van der Waals surface area contributed by atoms with Crippen molar-refractivity contribution in [3.8, 4) is 0 Å². The first-order chi connectivity index (χ1) is 16.1. The first-order valence-corrected chi connectivity index (χ1v) is 13.8. The number of carbonyl (C=O) groups excluding carboxylic acids is 2. The van der Waals surface area contributed by atoms with Gasteiger partial charge in [0.05, 0.1) is 18.2 Å². The molecule has 6 fully saturated rings. The SMILES string of the molecule is CCOC(=O)C1CCC2=NC(C3CCCCC3)[N+](C(=O)NC3C4CC5CC(C4)CC3C5)=C2C1. The van der Waals surface area contributed by atoms with Crippen molar-refractivity contribution in [2.45, 2.75) is 103 Å². The number of urea groups is 1. The van der Waals surface area contributed by atoms with Gasteiger partial charge in [-0.25, -0.2) is 10.3 Å². The van der Waals surface area contributed by atoms with Crippen LogP contribution >= 0.6 is 0 Å². The molecule has 7 aliphatic rings. The molecule has 0 aromatic heterocycles. The van der Waals surface area contributed by atoms with Crippen molar-refractivity contribution in [1.29, 1.82) is 0 Å². The van der Waals surface area contributed by atoms with Gasteiger partial charge < -0.3 is 4.74 Å². The van der Waals surface area contributed by atoms with Gasteiger partial charge in [0.1, 0.15) is 11.8 Å².